The van der Waals surface area contributed by atoms with Crippen LogP contribution >= 0.6 is 0 Å². The maximum atomic E-state index is 13.8. The highest BCUT2D eigenvalue weighted by Crippen LogP contribution is 2.43. The number of nitrogens with zero attached hydrogens (tertiary/aromatic N) is 3. The topological polar surface area (TPSA) is 119 Å². The SMILES string of the molecule is CCCCCNC(=O)c1ccc2c3ncc4c5c(ccc(c6ncc(C(=O)OC)c1c26)c53)C(=O)N(CCc1ccccc1)C4=O. The number of amides is 3. The summed E-state index contributed by atoms with van der Waals surface area (Å²) in [4.78, 5) is 64.7. The molecule has 3 heterocycles. The number of imide groups is 1. The summed E-state index contributed by atoms with van der Waals surface area (Å²) in [5.74, 6) is -1.65. The van der Waals surface area contributed by atoms with Crippen molar-refractivity contribution in [2.24, 2.45) is 0 Å². The largest absolute Gasteiger partial charge is 0.465 e. The van der Waals surface area contributed by atoms with Gasteiger partial charge in [-0.05, 0) is 30.5 Å². The summed E-state index contributed by atoms with van der Waals surface area (Å²) in [6.07, 6.45) is 6.36. The van der Waals surface area contributed by atoms with E-state index in [0.717, 1.165) is 24.8 Å². The fourth-order valence-electron chi connectivity index (χ4n) is 6.51. The lowest BCUT2D eigenvalue weighted by atomic mass is 9.87. The molecule has 0 aliphatic carbocycles. The van der Waals surface area contributed by atoms with Gasteiger partial charge < -0.3 is 10.1 Å². The zero-order valence-electron chi connectivity index (χ0n) is 25.0. The fraction of sp³-hybridized carbons (Fsp3) is 0.222. The third-order valence-corrected chi connectivity index (χ3v) is 8.71. The molecule has 2 aromatic heterocycles. The van der Waals surface area contributed by atoms with E-state index < -0.39 is 5.97 Å². The minimum Gasteiger partial charge on any atom is -0.465 e. The Morgan fingerprint density at radius 1 is 0.778 bits per heavy atom. The van der Waals surface area contributed by atoms with Crippen LogP contribution in [0.4, 0.5) is 0 Å². The van der Waals surface area contributed by atoms with Crippen LogP contribution in [0.3, 0.4) is 0 Å². The quantitative estimate of drug-likeness (QED) is 0.0705. The Kier molecular flexibility index (Phi) is 7.08. The number of esters is 1. The first-order valence-corrected chi connectivity index (χ1v) is 15.1. The van der Waals surface area contributed by atoms with Crippen LogP contribution in [-0.2, 0) is 11.2 Å². The van der Waals surface area contributed by atoms with E-state index in [1.807, 2.05) is 36.4 Å². The Balaban J connectivity index is 1.42. The van der Waals surface area contributed by atoms with Crippen molar-refractivity contribution in [1.82, 2.24) is 20.2 Å². The molecule has 224 valence electrons. The number of benzene rings is 4. The summed E-state index contributed by atoms with van der Waals surface area (Å²) in [6.45, 7) is 2.86. The van der Waals surface area contributed by atoms with Crippen molar-refractivity contribution >= 4 is 67.0 Å². The van der Waals surface area contributed by atoms with Crippen LogP contribution in [0.2, 0.25) is 0 Å². The number of hydrogen-bond acceptors (Lipinski definition) is 7. The molecule has 0 atom stereocenters. The maximum Gasteiger partial charge on any atom is 0.340 e. The molecule has 45 heavy (non-hydrogen) atoms. The first-order valence-electron chi connectivity index (χ1n) is 15.1. The summed E-state index contributed by atoms with van der Waals surface area (Å²) in [7, 11) is 1.29. The van der Waals surface area contributed by atoms with Gasteiger partial charge in [0.05, 0.1) is 29.3 Å². The molecule has 0 fully saturated rings. The first-order chi connectivity index (χ1) is 21.9. The number of methoxy groups -OCH3 is 1. The van der Waals surface area contributed by atoms with Gasteiger partial charge in [0.2, 0.25) is 0 Å². The van der Waals surface area contributed by atoms with Gasteiger partial charge >= 0.3 is 5.97 Å². The molecule has 0 spiro atoms. The van der Waals surface area contributed by atoms with E-state index in [1.165, 1.54) is 24.4 Å². The average molecular weight is 599 g/mol. The lowest BCUT2D eigenvalue weighted by Gasteiger charge is -2.28. The Bertz CT molecular complexity index is 2110. The first kappa shape index (κ1) is 28.3. The molecule has 4 aromatic carbocycles. The highest BCUT2D eigenvalue weighted by molar-refractivity contribution is 6.38. The number of pyridine rings is 2. The van der Waals surface area contributed by atoms with E-state index >= 15 is 0 Å². The van der Waals surface area contributed by atoms with Gasteiger partial charge in [0.25, 0.3) is 17.7 Å². The van der Waals surface area contributed by atoms with Gasteiger partial charge in [-0.1, -0.05) is 62.2 Å². The smallest absolute Gasteiger partial charge is 0.340 e. The molecule has 9 heteroatoms. The molecule has 1 aliphatic heterocycles. The third kappa shape index (κ3) is 4.46. The molecular weight excluding hydrogens is 568 g/mol. The second kappa shape index (κ2) is 11.2. The number of aromatic nitrogens is 2. The summed E-state index contributed by atoms with van der Waals surface area (Å²) in [6, 6.07) is 16.8. The summed E-state index contributed by atoms with van der Waals surface area (Å²) in [5.41, 5.74) is 3.41. The number of ether oxygens (including phenoxy) is 1. The van der Waals surface area contributed by atoms with E-state index in [9.17, 15) is 19.2 Å². The molecule has 0 unspecified atom stereocenters. The van der Waals surface area contributed by atoms with Crippen molar-refractivity contribution in [3.05, 3.63) is 94.8 Å². The number of nitrogens with one attached hydrogen (secondary N) is 1. The number of rotatable bonds is 9. The monoisotopic (exact) mass is 598 g/mol. The molecule has 7 rings (SSSR count). The average Bonchev–Trinajstić information content (AvgIpc) is 3.07. The van der Waals surface area contributed by atoms with Gasteiger partial charge in [0.1, 0.15) is 0 Å². The fourth-order valence-corrected chi connectivity index (χ4v) is 6.51. The van der Waals surface area contributed by atoms with E-state index in [2.05, 4.69) is 12.2 Å². The molecule has 9 nitrogen and oxygen atoms in total. The van der Waals surface area contributed by atoms with Gasteiger partial charge in [0, 0.05) is 68.9 Å². The highest BCUT2D eigenvalue weighted by atomic mass is 16.5. The molecule has 0 saturated carbocycles. The van der Waals surface area contributed by atoms with Crippen LogP contribution in [0.25, 0.3) is 43.4 Å². The zero-order chi connectivity index (χ0) is 31.2. The number of fused-ring (bicyclic) bond motifs is 2. The molecule has 1 N–H and O–H groups in total. The maximum absolute atomic E-state index is 13.8. The van der Waals surface area contributed by atoms with E-state index in [1.54, 1.807) is 18.2 Å². The van der Waals surface area contributed by atoms with Crippen molar-refractivity contribution in [3.63, 3.8) is 0 Å². The normalized spacial score (nSPS) is 13.0. The Labute approximate surface area is 258 Å². The second-order valence-corrected chi connectivity index (χ2v) is 11.3. The van der Waals surface area contributed by atoms with E-state index in [0.29, 0.717) is 73.0 Å². The minimum absolute atomic E-state index is 0.172. The van der Waals surface area contributed by atoms with Crippen molar-refractivity contribution in [3.8, 4) is 0 Å². The number of carbonyl (C=O) groups is 4. The summed E-state index contributed by atoms with van der Waals surface area (Å²) in [5, 5.41) is 6.53. The van der Waals surface area contributed by atoms with Crippen LogP contribution in [0.5, 0.6) is 0 Å². The van der Waals surface area contributed by atoms with Crippen LogP contribution < -0.4 is 5.32 Å². The highest BCUT2D eigenvalue weighted by Gasteiger charge is 2.35. The lowest BCUT2D eigenvalue weighted by Crippen LogP contribution is -2.41. The minimum atomic E-state index is -0.609. The predicted octanol–water partition coefficient (Wildman–Crippen LogP) is 6.07. The molecule has 1 aliphatic rings. The van der Waals surface area contributed by atoms with Gasteiger partial charge in [-0.3, -0.25) is 29.3 Å². The van der Waals surface area contributed by atoms with Gasteiger partial charge in [0.15, 0.2) is 0 Å². The van der Waals surface area contributed by atoms with Crippen molar-refractivity contribution in [2.45, 2.75) is 32.6 Å². The van der Waals surface area contributed by atoms with E-state index in [-0.39, 0.29) is 29.8 Å². The number of hydrogen-bond donors (Lipinski definition) is 1. The standard InChI is InChI=1S/C36H30N4O5/c1-3-4-8-16-37-33(41)23-13-11-21-29-27(23)26(36(44)45-2)19-39-31(29)22-12-14-24-28-25(18-38-32(21)30(22)28)35(43)40(34(24)42)17-15-20-9-6-5-7-10-20/h5-7,9-14,18-19H,3-4,8,15-17H2,1-2H3,(H,37,41). The molecule has 3 amide bonds. The molecule has 0 saturated heterocycles. The molecule has 0 radical (unpaired) electrons. The summed E-state index contributed by atoms with van der Waals surface area (Å²) >= 11 is 0. The Morgan fingerprint density at radius 3 is 2.20 bits per heavy atom. The van der Waals surface area contributed by atoms with Crippen molar-refractivity contribution in [2.75, 3.05) is 20.2 Å². The number of unbranched alkanes of at least 4 members (excludes halogenated alkanes) is 2. The zero-order valence-corrected chi connectivity index (χ0v) is 25.0. The van der Waals surface area contributed by atoms with Gasteiger partial charge in [-0.25, -0.2) is 4.79 Å². The lowest BCUT2D eigenvalue weighted by molar-refractivity contribution is 0.0594. The Morgan fingerprint density at radius 2 is 1.47 bits per heavy atom. The second-order valence-electron chi connectivity index (χ2n) is 11.3. The predicted molar refractivity (Wildman–Crippen MR) is 172 cm³/mol. The van der Waals surface area contributed by atoms with E-state index in [4.69, 9.17) is 14.7 Å². The third-order valence-electron chi connectivity index (χ3n) is 8.71. The number of carbonyl (C=O) groups excluding carboxylic acids is 4. The van der Waals surface area contributed by atoms with Crippen LogP contribution in [-0.4, -0.2) is 58.8 Å². The van der Waals surface area contributed by atoms with Crippen molar-refractivity contribution < 1.29 is 23.9 Å². The molecular formula is C36H30N4O5. The summed E-state index contributed by atoms with van der Waals surface area (Å²) < 4.78 is 5.08. The van der Waals surface area contributed by atoms with Gasteiger partial charge in [-0.2, -0.15) is 0 Å². The van der Waals surface area contributed by atoms with Crippen LogP contribution in [0, 0.1) is 0 Å². The van der Waals surface area contributed by atoms with Crippen LogP contribution in [0.1, 0.15) is 73.2 Å². The molecule has 0 bridgehead atoms. The molecule has 6 aromatic rings. The van der Waals surface area contributed by atoms with Crippen LogP contribution in [0.15, 0.2) is 67.0 Å². The Hall–Kier alpha value is -5.44. The van der Waals surface area contributed by atoms with Crippen molar-refractivity contribution in [1.29, 1.82) is 0 Å². The van der Waals surface area contributed by atoms with Gasteiger partial charge in [-0.15, -0.1) is 0 Å².